The van der Waals surface area contributed by atoms with Crippen molar-refractivity contribution in [2.24, 2.45) is 0 Å². The normalized spacial score (nSPS) is 27.6. The van der Waals surface area contributed by atoms with Gasteiger partial charge in [0.25, 0.3) is 0 Å². The quantitative estimate of drug-likeness (QED) is 0.878. The SMILES string of the molecule is OC1(CN2CCO[C@@H](Cn3cncn3)C2)CCCCC1. The average Bonchev–Trinajstić information content (AvgIpc) is 2.92. The van der Waals surface area contributed by atoms with Gasteiger partial charge in [0.1, 0.15) is 12.7 Å². The number of ether oxygens (including phenoxy) is 1. The van der Waals surface area contributed by atoms with Crippen LogP contribution in [-0.4, -0.2) is 62.7 Å². The molecule has 6 nitrogen and oxygen atoms in total. The van der Waals surface area contributed by atoms with Gasteiger partial charge >= 0.3 is 0 Å². The highest BCUT2D eigenvalue weighted by Crippen LogP contribution is 2.29. The molecule has 1 saturated heterocycles. The van der Waals surface area contributed by atoms with Crippen LogP contribution in [0.4, 0.5) is 0 Å². The Labute approximate surface area is 119 Å². The van der Waals surface area contributed by atoms with E-state index in [2.05, 4.69) is 15.0 Å². The second-order valence-corrected chi connectivity index (χ2v) is 6.13. The Bertz CT molecular complexity index is 403. The third-order valence-electron chi connectivity index (χ3n) is 4.38. The van der Waals surface area contributed by atoms with Crippen molar-refractivity contribution in [3.63, 3.8) is 0 Å². The summed E-state index contributed by atoms with van der Waals surface area (Å²) >= 11 is 0. The fourth-order valence-electron chi connectivity index (χ4n) is 3.35. The molecule has 0 spiro atoms. The largest absolute Gasteiger partial charge is 0.389 e. The van der Waals surface area contributed by atoms with Crippen molar-refractivity contribution in [3.8, 4) is 0 Å². The molecule has 1 aliphatic heterocycles. The summed E-state index contributed by atoms with van der Waals surface area (Å²) in [6, 6.07) is 0. The fraction of sp³-hybridized carbons (Fsp3) is 0.857. The van der Waals surface area contributed by atoms with E-state index in [0.717, 1.165) is 58.5 Å². The zero-order valence-electron chi connectivity index (χ0n) is 11.9. The molecule has 0 aromatic carbocycles. The molecule has 0 amide bonds. The third kappa shape index (κ3) is 3.56. The fourth-order valence-corrected chi connectivity index (χ4v) is 3.35. The highest BCUT2D eigenvalue weighted by atomic mass is 16.5. The zero-order chi connectivity index (χ0) is 13.8. The summed E-state index contributed by atoms with van der Waals surface area (Å²) in [5, 5.41) is 14.8. The molecular formula is C14H24N4O2. The Hall–Kier alpha value is -0.980. The number of rotatable bonds is 4. The van der Waals surface area contributed by atoms with E-state index in [4.69, 9.17) is 4.74 Å². The molecule has 2 heterocycles. The molecule has 1 atom stereocenters. The van der Waals surface area contributed by atoms with Gasteiger partial charge in [0, 0.05) is 19.6 Å². The molecule has 1 aromatic rings. The summed E-state index contributed by atoms with van der Waals surface area (Å²) in [4.78, 5) is 6.30. The maximum absolute atomic E-state index is 10.7. The summed E-state index contributed by atoms with van der Waals surface area (Å²) in [5.41, 5.74) is -0.479. The van der Waals surface area contributed by atoms with Gasteiger partial charge in [-0.1, -0.05) is 19.3 Å². The van der Waals surface area contributed by atoms with Gasteiger partial charge in [-0.15, -0.1) is 0 Å². The van der Waals surface area contributed by atoms with Gasteiger partial charge in [-0.2, -0.15) is 5.10 Å². The predicted molar refractivity (Wildman–Crippen MR) is 74.2 cm³/mol. The molecule has 1 aliphatic carbocycles. The number of morpholine rings is 1. The average molecular weight is 280 g/mol. The van der Waals surface area contributed by atoms with Gasteiger partial charge < -0.3 is 9.84 Å². The van der Waals surface area contributed by atoms with Crippen LogP contribution in [0, 0.1) is 0 Å². The number of aromatic nitrogens is 3. The van der Waals surface area contributed by atoms with Crippen molar-refractivity contribution < 1.29 is 9.84 Å². The second kappa shape index (κ2) is 6.20. The number of aliphatic hydroxyl groups is 1. The van der Waals surface area contributed by atoms with Crippen LogP contribution in [-0.2, 0) is 11.3 Å². The lowest BCUT2D eigenvalue weighted by Gasteiger charge is -2.40. The topological polar surface area (TPSA) is 63.4 Å². The zero-order valence-corrected chi connectivity index (χ0v) is 11.9. The van der Waals surface area contributed by atoms with Crippen LogP contribution in [0.15, 0.2) is 12.7 Å². The lowest BCUT2D eigenvalue weighted by atomic mass is 9.84. The molecule has 0 bridgehead atoms. The molecule has 0 unspecified atom stereocenters. The number of hydrogen-bond donors (Lipinski definition) is 1. The second-order valence-electron chi connectivity index (χ2n) is 6.13. The Kier molecular flexibility index (Phi) is 4.33. The monoisotopic (exact) mass is 280 g/mol. The van der Waals surface area contributed by atoms with E-state index in [-0.39, 0.29) is 6.10 Å². The van der Waals surface area contributed by atoms with E-state index in [9.17, 15) is 5.11 Å². The predicted octanol–water partition coefficient (Wildman–Crippen LogP) is 0.674. The number of β-amino-alcohol motifs (C(OH)–C–C–N with tert-alkyl or cyclic N) is 1. The van der Waals surface area contributed by atoms with Crippen LogP contribution in [0.1, 0.15) is 32.1 Å². The first-order valence-corrected chi connectivity index (χ1v) is 7.62. The summed E-state index contributed by atoms with van der Waals surface area (Å²) in [7, 11) is 0. The van der Waals surface area contributed by atoms with E-state index >= 15 is 0 Å². The maximum Gasteiger partial charge on any atom is 0.137 e. The summed E-state index contributed by atoms with van der Waals surface area (Å²) in [6.07, 6.45) is 8.86. The highest BCUT2D eigenvalue weighted by molar-refractivity contribution is 4.87. The van der Waals surface area contributed by atoms with Gasteiger partial charge in [-0.3, -0.25) is 9.58 Å². The summed E-state index contributed by atoms with van der Waals surface area (Å²) in [6.45, 7) is 4.02. The molecule has 2 fully saturated rings. The third-order valence-corrected chi connectivity index (χ3v) is 4.38. The van der Waals surface area contributed by atoms with Crippen molar-refractivity contribution in [1.29, 1.82) is 0 Å². The smallest absolute Gasteiger partial charge is 0.137 e. The van der Waals surface area contributed by atoms with E-state index < -0.39 is 5.60 Å². The van der Waals surface area contributed by atoms with Crippen LogP contribution in [0.3, 0.4) is 0 Å². The lowest BCUT2D eigenvalue weighted by molar-refractivity contribution is -0.0796. The molecule has 1 aromatic heterocycles. The van der Waals surface area contributed by atoms with Crippen LogP contribution in [0.25, 0.3) is 0 Å². The van der Waals surface area contributed by atoms with Crippen LogP contribution in [0.2, 0.25) is 0 Å². The molecule has 3 rings (SSSR count). The molecule has 0 radical (unpaired) electrons. The minimum atomic E-state index is -0.479. The van der Waals surface area contributed by atoms with Crippen molar-refractivity contribution >= 4 is 0 Å². The maximum atomic E-state index is 10.7. The molecule has 112 valence electrons. The number of nitrogens with zero attached hydrogens (tertiary/aromatic N) is 4. The standard InChI is InChI=1S/C14H24N4O2/c19-14(4-2-1-3-5-14)10-17-6-7-20-13(8-17)9-18-12-15-11-16-18/h11-13,19H,1-10H2/t13-/m1/s1. The van der Waals surface area contributed by atoms with Gasteiger partial charge in [0.2, 0.25) is 0 Å². The molecule has 2 aliphatic rings. The lowest BCUT2D eigenvalue weighted by Crippen LogP contribution is -2.51. The van der Waals surface area contributed by atoms with Crippen molar-refractivity contribution in [2.45, 2.75) is 50.4 Å². The Morgan fingerprint density at radius 1 is 1.30 bits per heavy atom. The van der Waals surface area contributed by atoms with Crippen LogP contribution >= 0.6 is 0 Å². The Morgan fingerprint density at radius 2 is 2.15 bits per heavy atom. The molecular weight excluding hydrogens is 256 g/mol. The summed E-state index contributed by atoms with van der Waals surface area (Å²) in [5.74, 6) is 0. The minimum Gasteiger partial charge on any atom is -0.389 e. The Morgan fingerprint density at radius 3 is 2.90 bits per heavy atom. The molecule has 1 saturated carbocycles. The Balaban J connectivity index is 1.52. The van der Waals surface area contributed by atoms with Gasteiger partial charge in [-0.25, -0.2) is 4.98 Å². The van der Waals surface area contributed by atoms with E-state index in [1.165, 1.54) is 6.42 Å². The van der Waals surface area contributed by atoms with E-state index in [0.29, 0.717) is 0 Å². The van der Waals surface area contributed by atoms with Gasteiger partial charge in [0.15, 0.2) is 0 Å². The van der Waals surface area contributed by atoms with Gasteiger partial charge in [0.05, 0.1) is 24.9 Å². The minimum absolute atomic E-state index is 0.137. The van der Waals surface area contributed by atoms with Crippen molar-refractivity contribution in [3.05, 3.63) is 12.7 Å². The molecule has 1 N–H and O–H groups in total. The first kappa shape index (κ1) is 14.0. The van der Waals surface area contributed by atoms with Crippen molar-refractivity contribution in [2.75, 3.05) is 26.2 Å². The van der Waals surface area contributed by atoms with E-state index in [1.54, 1.807) is 12.7 Å². The van der Waals surface area contributed by atoms with Crippen LogP contribution in [0.5, 0.6) is 0 Å². The van der Waals surface area contributed by atoms with E-state index in [1.807, 2.05) is 4.68 Å². The highest BCUT2D eigenvalue weighted by Gasteiger charge is 2.33. The summed E-state index contributed by atoms with van der Waals surface area (Å²) < 4.78 is 7.60. The molecule has 20 heavy (non-hydrogen) atoms. The van der Waals surface area contributed by atoms with Crippen LogP contribution < -0.4 is 0 Å². The van der Waals surface area contributed by atoms with Gasteiger partial charge in [-0.05, 0) is 12.8 Å². The first-order valence-electron chi connectivity index (χ1n) is 7.62. The molecule has 6 heteroatoms. The van der Waals surface area contributed by atoms with Crippen molar-refractivity contribution in [1.82, 2.24) is 19.7 Å². The first-order chi connectivity index (χ1) is 9.73. The number of hydrogen-bond acceptors (Lipinski definition) is 5.